The van der Waals surface area contributed by atoms with E-state index in [-0.39, 0.29) is 11.2 Å². The number of nitrogens with zero attached hydrogens (tertiary/aromatic N) is 2. The monoisotopic (exact) mass is 352 g/mol. The predicted octanol–water partition coefficient (Wildman–Crippen LogP) is 1.37. The number of hydrogen-bond acceptors (Lipinski definition) is 5. The van der Waals surface area contributed by atoms with Gasteiger partial charge in [0.2, 0.25) is 0 Å². The predicted molar refractivity (Wildman–Crippen MR) is 90.6 cm³/mol. The van der Waals surface area contributed by atoms with Crippen molar-refractivity contribution in [1.29, 1.82) is 0 Å². The maximum absolute atomic E-state index is 12.3. The molecule has 0 saturated carbocycles. The number of aromatic amines is 1. The molecule has 3 N–H and O–H groups in total. The van der Waals surface area contributed by atoms with E-state index in [1.54, 1.807) is 4.52 Å². The van der Waals surface area contributed by atoms with Crippen LogP contribution in [0.2, 0.25) is 0 Å². The number of aromatic nitrogens is 3. The molecule has 1 amide bonds. The van der Waals surface area contributed by atoms with Gasteiger partial charge < -0.3 is 10.4 Å². The summed E-state index contributed by atoms with van der Waals surface area (Å²) < 4.78 is 1.57. The largest absolute Gasteiger partial charge is 0.480 e. The smallest absolute Gasteiger partial charge is 0.322 e. The first-order chi connectivity index (χ1) is 11.5. The van der Waals surface area contributed by atoms with Gasteiger partial charge in [0.25, 0.3) is 5.91 Å². The van der Waals surface area contributed by atoms with Crippen molar-refractivity contribution >= 4 is 29.3 Å². The summed E-state index contributed by atoms with van der Waals surface area (Å²) >= 11 is 1.53. The third-order valence-corrected chi connectivity index (χ3v) is 5.01. The Labute approximate surface area is 142 Å². The van der Waals surface area contributed by atoms with Crippen LogP contribution in [-0.2, 0) is 4.79 Å². The zero-order valence-corrected chi connectivity index (χ0v) is 14.4. The zero-order chi connectivity index (χ0) is 17.7. The third kappa shape index (κ3) is 3.97. The number of carboxylic acid groups (broad SMARTS) is 1. The van der Waals surface area contributed by atoms with Gasteiger partial charge in [-0.05, 0) is 5.92 Å². The molecule has 0 unspecified atom stereocenters. The molecule has 9 heteroatoms. The van der Waals surface area contributed by atoms with Gasteiger partial charge in [0.1, 0.15) is 23.5 Å². The number of H-pyrrole nitrogens is 1. The van der Waals surface area contributed by atoms with Crippen LogP contribution in [0.25, 0.3) is 5.65 Å². The molecule has 24 heavy (non-hydrogen) atoms. The molecule has 0 aliphatic heterocycles. The highest BCUT2D eigenvalue weighted by Crippen LogP contribution is 2.23. The normalized spacial score (nSPS) is 11.1. The Morgan fingerprint density at radius 2 is 2.12 bits per heavy atom. The molecule has 0 aliphatic rings. The Hall–Kier alpha value is -2.29. The van der Waals surface area contributed by atoms with E-state index < -0.39 is 23.9 Å². The van der Waals surface area contributed by atoms with Crippen molar-refractivity contribution in [2.45, 2.75) is 31.7 Å². The second kappa shape index (κ2) is 8.00. The Morgan fingerprint density at radius 1 is 1.42 bits per heavy atom. The second-order valence-corrected chi connectivity index (χ2v) is 6.38. The lowest BCUT2D eigenvalue weighted by atomic mass is 10.1. The van der Waals surface area contributed by atoms with Crippen LogP contribution in [0.5, 0.6) is 0 Å². The van der Waals surface area contributed by atoms with Gasteiger partial charge in [-0.25, -0.2) is 9.50 Å². The van der Waals surface area contributed by atoms with Crippen molar-refractivity contribution in [3.05, 3.63) is 28.2 Å². The number of hydrogen-bond donors (Lipinski definition) is 3. The summed E-state index contributed by atoms with van der Waals surface area (Å²) in [6.45, 7) is 3.70. The molecule has 2 aromatic rings. The van der Waals surface area contributed by atoms with Crippen LogP contribution in [0.15, 0.2) is 22.2 Å². The highest BCUT2D eigenvalue weighted by molar-refractivity contribution is 7.99. The van der Waals surface area contributed by atoms with Gasteiger partial charge in [-0.15, -0.1) is 11.8 Å². The Kier molecular flexibility index (Phi) is 6.02. The van der Waals surface area contributed by atoms with Gasteiger partial charge in [-0.2, -0.15) is 0 Å². The maximum atomic E-state index is 12.3. The van der Waals surface area contributed by atoms with Gasteiger partial charge in [0.05, 0.1) is 0 Å². The van der Waals surface area contributed by atoms with E-state index in [0.29, 0.717) is 10.9 Å². The first kappa shape index (κ1) is 18.1. The Morgan fingerprint density at radius 3 is 2.75 bits per heavy atom. The molecule has 0 radical (unpaired) electrons. The summed E-state index contributed by atoms with van der Waals surface area (Å²) in [5.41, 5.74) is -0.446. The molecule has 2 rings (SSSR count). The number of thioether (sulfide) groups is 1. The average Bonchev–Trinajstić information content (AvgIpc) is 3.02. The standard InChI is InChI=1S/C15H20N4O4S/c1-3-9(4-2)7-24-11-5-10(20)13(14-17-8-18-19(11)14)15(23)16-6-12(21)22/h5,8-9H,3-4,6-7H2,1-2H3,(H,16,23)(H,17,18)(H,21,22). The van der Waals surface area contributed by atoms with Crippen LogP contribution in [0.1, 0.15) is 37.0 Å². The number of nitrogens with one attached hydrogen (secondary N) is 2. The summed E-state index contributed by atoms with van der Waals surface area (Å²) in [5.74, 6) is -0.525. The number of aliphatic carboxylic acids is 1. The summed E-state index contributed by atoms with van der Waals surface area (Å²) in [6.07, 6.45) is 3.50. The Balaban J connectivity index is 2.33. The zero-order valence-electron chi connectivity index (χ0n) is 13.5. The van der Waals surface area contributed by atoms with E-state index in [2.05, 4.69) is 29.2 Å². The van der Waals surface area contributed by atoms with Gasteiger partial charge in [0, 0.05) is 11.8 Å². The molecule has 8 nitrogen and oxygen atoms in total. The average molecular weight is 352 g/mol. The molecule has 2 aromatic heterocycles. The second-order valence-electron chi connectivity index (χ2n) is 5.34. The highest BCUT2D eigenvalue weighted by Gasteiger charge is 2.20. The van der Waals surface area contributed by atoms with Crippen LogP contribution >= 0.6 is 11.8 Å². The first-order valence-corrected chi connectivity index (χ1v) is 8.68. The van der Waals surface area contributed by atoms with Crippen molar-refractivity contribution in [1.82, 2.24) is 19.9 Å². The number of fused-ring (bicyclic) bond motifs is 1. The number of carboxylic acids is 1. The number of carbonyl (C=O) groups is 2. The van der Waals surface area contributed by atoms with Crippen LogP contribution in [0.3, 0.4) is 0 Å². The topological polar surface area (TPSA) is 117 Å². The number of amides is 1. The number of pyridine rings is 1. The molecule has 0 fully saturated rings. The van der Waals surface area contributed by atoms with E-state index >= 15 is 0 Å². The summed E-state index contributed by atoms with van der Waals surface area (Å²) in [6, 6.07) is 1.38. The molecule has 0 spiro atoms. The molecule has 130 valence electrons. The Bertz CT molecular complexity index is 794. The van der Waals surface area contributed by atoms with Crippen molar-refractivity contribution in [2.75, 3.05) is 12.3 Å². The lowest BCUT2D eigenvalue weighted by Crippen LogP contribution is -2.33. The quantitative estimate of drug-likeness (QED) is 0.618. The van der Waals surface area contributed by atoms with Gasteiger partial charge in [0.15, 0.2) is 11.1 Å². The molecule has 0 bridgehead atoms. The number of rotatable bonds is 8. The van der Waals surface area contributed by atoms with Crippen molar-refractivity contribution in [3.63, 3.8) is 0 Å². The molecular weight excluding hydrogens is 332 g/mol. The van der Waals surface area contributed by atoms with Gasteiger partial charge >= 0.3 is 5.97 Å². The van der Waals surface area contributed by atoms with E-state index in [9.17, 15) is 14.4 Å². The molecule has 0 aliphatic carbocycles. The molecule has 0 atom stereocenters. The summed E-state index contributed by atoms with van der Waals surface area (Å²) in [4.78, 5) is 39.0. The van der Waals surface area contributed by atoms with Crippen LogP contribution in [0.4, 0.5) is 0 Å². The van der Waals surface area contributed by atoms with Crippen LogP contribution in [0, 0.1) is 5.92 Å². The number of carbonyl (C=O) groups excluding carboxylic acids is 1. The molecule has 0 saturated heterocycles. The van der Waals surface area contributed by atoms with Gasteiger partial charge in [-0.3, -0.25) is 19.5 Å². The van der Waals surface area contributed by atoms with Crippen LogP contribution < -0.4 is 10.7 Å². The first-order valence-electron chi connectivity index (χ1n) is 7.69. The molecule has 0 aromatic carbocycles. The van der Waals surface area contributed by atoms with E-state index in [0.717, 1.165) is 18.6 Å². The molecule has 2 heterocycles. The fourth-order valence-corrected chi connectivity index (χ4v) is 3.60. The van der Waals surface area contributed by atoms with Crippen LogP contribution in [-0.4, -0.2) is 43.9 Å². The minimum Gasteiger partial charge on any atom is -0.480 e. The van der Waals surface area contributed by atoms with Crippen molar-refractivity contribution in [3.8, 4) is 0 Å². The fraction of sp³-hybridized carbons (Fsp3) is 0.467. The fourth-order valence-electron chi connectivity index (χ4n) is 2.26. The minimum atomic E-state index is -1.18. The van der Waals surface area contributed by atoms with E-state index in [1.807, 2.05) is 0 Å². The van der Waals surface area contributed by atoms with E-state index in [1.165, 1.54) is 24.2 Å². The molecular formula is C15H20N4O4S. The minimum absolute atomic E-state index is 0.163. The maximum Gasteiger partial charge on any atom is 0.322 e. The van der Waals surface area contributed by atoms with E-state index in [4.69, 9.17) is 5.11 Å². The van der Waals surface area contributed by atoms with Crippen molar-refractivity contribution in [2.24, 2.45) is 5.92 Å². The third-order valence-electron chi connectivity index (χ3n) is 3.78. The summed E-state index contributed by atoms with van der Waals surface area (Å²) in [7, 11) is 0. The lowest BCUT2D eigenvalue weighted by Gasteiger charge is -2.12. The lowest BCUT2D eigenvalue weighted by molar-refractivity contribution is -0.135. The van der Waals surface area contributed by atoms with Gasteiger partial charge in [-0.1, -0.05) is 26.7 Å². The van der Waals surface area contributed by atoms with Crippen molar-refractivity contribution < 1.29 is 14.7 Å². The SMILES string of the molecule is CCC(CC)CSc1cc(=O)c(C(=O)NCC(=O)O)c2nc[nH]n12. The summed E-state index contributed by atoms with van der Waals surface area (Å²) in [5, 5.41) is 14.4. The highest BCUT2D eigenvalue weighted by atomic mass is 32.2.